The van der Waals surface area contributed by atoms with Gasteiger partial charge in [0.05, 0.1) is 17.0 Å². The zero-order valence-corrected chi connectivity index (χ0v) is 12.6. The van der Waals surface area contributed by atoms with E-state index in [4.69, 9.17) is 5.73 Å². The first kappa shape index (κ1) is 15.9. The number of amides is 1. The molecule has 0 radical (unpaired) electrons. The van der Waals surface area contributed by atoms with Gasteiger partial charge in [-0.15, -0.1) is 0 Å². The molecule has 3 N–H and O–H groups in total. The average molecular weight is 353 g/mol. The van der Waals surface area contributed by atoms with Crippen molar-refractivity contribution in [2.24, 2.45) is 0 Å². The summed E-state index contributed by atoms with van der Waals surface area (Å²) in [7, 11) is -3.13. The number of hydrogen-bond acceptors (Lipinski definition) is 4. The van der Waals surface area contributed by atoms with Crippen molar-refractivity contribution in [3.8, 4) is 0 Å². The van der Waals surface area contributed by atoms with Crippen molar-refractivity contribution in [1.29, 1.82) is 0 Å². The molecule has 0 saturated heterocycles. The number of anilines is 1. The summed E-state index contributed by atoms with van der Waals surface area (Å²) in [5.41, 5.74) is 5.39. The Bertz CT molecular complexity index is 590. The third kappa shape index (κ3) is 4.46. The summed E-state index contributed by atoms with van der Waals surface area (Å²) < 4.78 is 35.9. The maximum absolute atomic E-state index is 13.1. The van der Waals surface area contributed by atoms with Crippen LogP contribution in [-0.4, -0.2) is 32.4 Å². The first-order valence-electron chi connectivity index (χ1n) is 5.50. The molecule has 0 heterocycles. The van der Waals surface area contributed by atoms with Crippen LogP contribution in [0.5, 0.6) is 0 Å². The Morgan fingerprint density at radius 3 is 2.68 bits per heavy atom. The van der Waals surface area contributed by atoms with Crippen LogP contribution in [-0.2, 0) is 9.84 Å². The minimum atomic E-state index is -3.13. The lowest BCUT2D eigenvalue weighted by molar-refractivity contribution is 0.0955. The number of nitrogens with two attached hydrogens (primary N) is 1. The molecule has 0 aliphatic heterocycles. The Morgan fingerprint density at radius 1 is 1.47 bits per heavy atom. The van der Waals surface area contributed by atoms with E-state index in [1.165, 1.54) is 13.0 Å². The van der Waals surface area contributed by atoms with Crippen molar-refractivity contribution >= 4 is 37.4 Å². The molecule has 0 aliphatic rings. The van der Waals surface area contributed by atoms with Crippen LogP contribution < -0.4 is 11.1 Å². The van der Waals surface area contributed by atoms with Crippen LogP contribution in [0, 0.1) is 5.82 Å². The second-order valence-corrected chi connectivity index (χ2v) is 7.17. The van der Waals surface area contributed by atoms with Gasteiger partial charge in [0.15, 0.2) is 9.84 Å². The second kappa shape index (κ2) is 6.33. The van der Waals surface area contributed by atoms with Crippen molar-refractivity contribution in [1.82, 2.24) is 5.32 Å². The molecule has 0 atom stereocenters. The molecule has 19 heavy (non-hydrogen) atoms. The quantitative estimate of drug-likeness (QED) is 0.782. The van der Waals surface area contributed by atoms with E-state index in [9.17, 15) is 17.6 Å². The third-order valence-corrected chi connectivity index (χ3v) is 4.83. The van der Waals surface area contributed by atoms with Crippen LogP contribution in [0.1, 0.15) is 17.3 Å². The Labute approximate surface area is 119 Å². The number of halogens is 2. The Hall–Kier alpha value is -1.15. The van der Waals surface area contributed by atoms with Crippen LogP contribution in [0.2, 0.25) is 0 Å². The fraction of sp³-hybridized carbons (Fsp3) is 0.364. The summed E-state index contributed by atoms with van der Waals surface area (Å²) in [5.74, 6) is -1.25. The van der Waals surface area contributed by atoms with Gasteiger partial charge in [-0.2, -0.15) is 0 Å². The van der Waals surface area contributed by atoms with Crippen LogP contribution >= 0.6 is 15.9 Å². The van der Waals surface area contributed by atoms with Crippen LogP contribution in [0.4, 0.5) is 10.1 Å². The summed E-state index contributed by atoms with van der Waals surface area (Å²) in [6, 6.07) is 2.29. The van der Waals surface area contributed by atoms with E-state index in [1.54, 1.807) is 0 Å². The Kier molecular flexibility index (Phi) is 5.30. The van der Waals surface area contributed by atoms with Gasteiger partial charge in [0.25, 0.3) is 5.91 Å². The molecule has 1 aromatic rings. The highest BCUT2D eigenvalue weighted by atomic mass is 79.9. The molecule has 106 valence electrons. The van der Waals surface area contributed by atoms with Crippen molar-refractivity contribution in [3.05, 3.63) is 28.0 Å². The second-order valence-electron chi connectivity index (χ2n) is 3.85. The minimum Gasteiger partial charge on any atom is -0.396 e. The number of benzene rings is 1. The molecule has 0 unspecified atom stereocenters. The number of nitrogen functional groups attached to an aromatic ring is 1. The zero-order valence-electron chi connectivity index (χ0n) is 10.2. The average Bonchev–Trinajstić information content (AvgIpc) is 2.33. The SMILES string of the molecule is CCS(=O)(=O)CCNC(=O)c1cc(N)c(F)cc1Br. The highest BCUT2D eigenvalue weighted by Gasteiger charge is 2.14. The molecule has 0 aliphatic carbocycles. The molecule has 1 amide bonds. The van der Waals surface area contributed by atoms with E-state index < -0.39 is 21.6 Å². The predicted octanol–water partition coefficient (Wildman–Crippen LogP) is 1.33. The van der Waals surface area contributed by atoms with Gasteiger partial charge in [-0.1, -0.05) is 6.92 Å². The lowest BCUT2D eigenvalue weighted by atomic mass is 10.2. The summed E-state index contributed by atoms with van der Waals surface area (Å²) in [5, 5.41) is 2.45. The molecule has 8 heteroatoms. The molecular formula is C11H14BrFN2O3S. The topological polar surface area (TPSA) is 89.3 Å². The standard InChI is InChI=1S/C11H14BrFN2O3S/c1-2-19(17,18)4-3-15-11(16)7-5-10(14)9(13)6-8(7)12/h5-6H,2-4,14H2,1H3,(H,15,16). The fourth-order valence-electron chi connectivity index (χ4n) is 1.30. The van der Waals surface area contributed by atoms with Crippen LogP contribution in [0.25, 0.3) is 0 Å². The van der Waals surface area contributed by atoms with E-state index in [0.29, 0.717) is 0 Å². The third-order valence-electron chi connectivity index (χ3n) is 2.47. The lowest BCUT2D eigenvalue weighted by Gasteiger charge is -2.08. The molecule has 0 spiro atoms. The molecule has 5 nitrogen and oxygen atoms in total. The highest BCUT2D eigenvalue weighted by molar-refractivity contribution is 9.10. The maximum atomic E-state index is 13.1. The summed E-state index contributed by atoms with van der Waals surface area (Å²) in [6.45, 7) is 1.53. The van der Waals surface area contributed by atoms with Gasteiger partial charge < -0.3 is 11.1 Å². The molecule has 0 bridgehead atoms. The number of carbonyl (C=O) groups excluding carboxylic acids is 1. The summed E-state index contributed by atoms with van der Waals surface area (Å²) in [4.78, 5) is 11.8. The maximum Gasteiger partial charge on any atom is 0.252 e. The van der Waals surface area contributed by atoms with Crippen molar-refractivity contribution in [2.45, 2.75) is 6.92 Å². The largest absolute Gasteiger partial charge is 0.396 e. The first-order chi connectivity index (χ1) is 8.76. The molecule has 1 aromatic carbocycles. The number of nitrogens with one attached hydrogen (secondary N) is 1. The van der Waals surface area contributed by atoms with E-state index in [-0.39, 0.29) is 33.8 Å². The minimum absolute atomic E-state index is 0.00126. The lowest BCUT2D eigenvalue weighted by Crippen LogP contribution is -2.30. The predicted molar refractivity (Wildman–Crippen MR) is 75.2 cm³/mol. The van der Waals surface area contributed by atoms with Gasteiger partial charge in [-0.25, -0.2) is 12.8 Å². The monoisotopic (exact) mass is 352 g/mol. The molecule has 0 saturated carbocycles. The molecule has 1 rings (SSSR count). The Morgan fingerprint density at radius 2 is 2.11 bits per heavy atom. The first-order valence-corrected chi connectivity index (χ1v) is 8.11. The van der Waals surface area contributed by atoms with Crippen molar-refractivity contribution in [3.63, 3.8) is 0 Å². The van der Waals surface area contributed by atoms with Gasteiger partial charge in [-0.05, 0) is 28.1 Å². The molecule has 0 aromatic heterocycles. The van der Waals surface area contributed by atoms with E-state index in [0.717, 1.165) is 6.07 Å². The summed E-state index contributed by atoms with van der Waals surface area (Å²) in [6.07, 6.45) is 0. The van der Waals surface area contributed by atoms with Crippen LogP contribution in [0.15, 0.2) is 16.6 Å². The number of hydrogen-bond donors (Lipinski definition) is 2. The van der Waals surface area contributed by atoms with Crippen LogP contribution in [0.3, 0.4) is 0 Å². The molecular weight excluding hydrogens is 339 g/mol. The smallest absolute Gasteiger partial charge is 0.252 e. The van der Waals surface area contributed by atoms with E-state index in [2.05, 4.69) is 21.2 Å². The van der Waals surface area contributed by atoms with Gasteiger partial charge in [0, 0.05) is 16.8 Å². The fourth-order valence-corrected chi connectivity index (χ4v) is 2.50. The van der Waals surface area contributed by atoms with Gasteiger partial charge in [0.2, 0.25) is 0 Å². The van der Waals surface area contributed by atoms with Gasteiger partial charge >= 0.3 is 0 Å². The molecule has 0 fully saturated rings. The highest BCUT2D eigenvalue weighted by Crippen LogP contribution is 2.22. The summed E-state index contributed by atoms with van der Waals surface area (Å²) >= 11 is 3.05. The van der Waals surface area contributed by atoms with E-state index >= 15 is 0 Å². The van der Waals surface area contributed by atoms with Crippen molar-refractivity contribution < 1.29 is 17.6 Å². The number of sulfone groups is 1. The normalized spacial score (nSPS) is 11.3. The number of carbonyl (C=O) groups is 1. The van der Waals surface area contributed by atoms with Crippen molar-refractivity contribution in [2.75, 3.05) is 23.8 Å². The van der Waals surface area contributed by atoms with E-state index in [1.807, 2.05) is 0 Å². The van der Waals surface area contributed by atoms with Gasteiger partial charge in [-0.3, -0.25) is 4.79 Å². The Balaban J connectivity index is 2.72. The van der Waals surface area contributed by atoms with Gasteiger partial charge in [0.1, 0.15) is 5.82 Å². The zero-order chi connectivity index (χ0) is 14.6. The number of rotatable bonds is 5.